The van der Waals surface area contributed by atoms with Crippen molar-refractivity contribution in [3.05, 3.63) is 23.5 Å². The van der Waals surface area contributed by atoms with Gasteiger partial charge < -0.3 is 15.4 Å². The number of carbonyl (C=O) groups excluding carboxylic acids is 1. The van der Waals surface area contributed by atoms with Crippen LogP contribution in [-0.2, 0) is 11.3 Å². The predicted octanol–water partition coefficient (Wildman–Crippen LogP) is 0.624. The Kier molecular flexibility index (Phi) is 5.42. The summed E-state index contributed by atoms with van der Waals surface area (Å²) in [4.78, 5) is 15.4. The fourth-order valence-electron chi connectivity index (χ4n) is 1.45. The van der Waals surface area contributed by atoms with Crippen LogP contribution in [0.15, 0.2) is 12.1 Å². The standard InChI is InChI=1S/C12H19N3O2/c1-9-6-11(17-3)7-10(15-9)8-14-5-4-12(16)13-2/h6-7,14H,4-5,8H2,1-3H3,(H,13,16). The SMILES string of the molecule is CNC(=O)CCNCc1cc(OC)cc(C)n1. The third-order valence-electron chi connectivity index (χ3n) is 2.33. The minimum atomic E-state index is 0.0345. The average Bonchev–Trinajstić information content (AvgIpc) is 2.33. The highest BCUT2D eigenvalue weighted by atomic mass is 16.5. The quantitative estimate of drug-likeness (QED) is 0.712. The third-order valence-corrected chi connectivity index (χ3v) is 2.33. The van der Waals surface area contributed by atoms with Gasteiger partial charge in [0.2, 0.25) is 5.91 Å². The summed E-state index contributed by atoms with van der Waals surface area (Å²) in [5, 5.41) is 5.74. The molecule has 0 aliphatic carbocycles. The van der Waals surface area contributed by atoms with Crippen molar-refractivity contribution in [1.82, 2.24) is 15.6 Å². The number of amides is 1. The number of carbonyl (C=O) groups is 1. The summed E-state index contributed by atoms with van der Waals surface area (Å²) in [6.45, 7) is 3.20. The van der Waals surface area contributed by atoms with Crippen LogP contribution >= 0.6 is 0 Å². The van der Waals surface area contributed by atoms with Crippen LogP contribution in [0.4, 0.5) is 0 Å². The maximum atomic E-state index is 11.0. The number of nitrogens with zero attached hydrogens (tertiary/aromatic N) is 1. The van der Waals surface area contributed by atoms with E-state index < -0.39 is 0 Å². The molecule has 0 saturated carbocycles. The molecule has 1 rings (SSSR count). The molecule has 1 aromatic rings. The Hall–Kier alpha value is -1.62. The number of ether oxygens (including phenoxy) is 1. The van der Waals surface area contributed by atoms with Crippen molar-refractivity contribution in [3.8, 4) is 5.75 Å². The Morgan fingerprint density at radius 2 is 2.24 bits per heavy atom. The first kappa shape index (κ1) is 13.4. The van der Waals surface area contributed by atoms with E-state index in [0.717, 1.165) is 17.1 Å². The monoisotopic (exact) mass is 237 g/mol. The lowest BCUT2D eigenvalue weighted by atomic mass is 10.3. The van der Waals surface area contributed by atoms with Gasteiger partial charge in [0.25, 0.3) is 0 Å². The number of nitrogens with one attached hydrogen (secondary N) is 2. The Morgan fingerprint density at radius 1 is 1.47 bits per heavy atom. The first-order chi connectivity index (χ1) is 8.15. The van der Waals surface area contributed by atoms with Gasteiger partial charge in [-0.15, -0.1) is 0 Å². The number of aryl methyl sites for hydroxylation is 1. The van der Waals surface area contributed by atoms with Crippen LogP contribution in [0.5, 0.6) is 5.75 Å². The van der Waals surface area contributed by atoms with E-state index in [4.69, 9.17) is 4.74 Å². The summed E-state index contributed by atoms with van der Waals surface area (Å²) in [5.41, 5.74) is 1.84. The van der Waals surface area contributed by atoms with E-state index in [9.17, 15) is 4.79 Å². The van der Waals surface area contributed by atoms with Gasteiger partial charge in [0.15, 0.2) is 0 Å². The molecule has 0 spiro atoms. The average molecular weight is 237 g/mol. The first-order valence-corrected chi connectivity index (χ1v) is 5.58. The zero-order chi connectivity index (χ0) is 12.7. The molecule has 5 heteroatoms. The summed E-state index contributed by atoms with van der Waals surface area (Å²) >= 11 is 0. The Balaban J connectivity index is 2.41. The van der Waals surface area contributed by atoms with Crippen LogP contribution in [0.2, 0.25) is 0 Å². The zero-order valence-corrected chi connectivity index (χ0v) is 10.5. The smallest absolute Gasteiger partial charge is 0.221 e. The third kappa shape index (κ3) is 4.82. The lowest BCUT2D eigenvalue weighted by Crippen LogP contribution is -2.24. The van der Waals surface area contributed by atoms with Crippen molar-refractivity contribution < 1.29 is 9.53 Å². The maximum absolute atomic E-state index is 11.0. The molecule has 0 saturated heterocycles. The largest absolute Gasteiger partial charge is 0.497 e. The summed E-state index contributed by atoms with van der Waals surface area (Å²) in [6.07, 6.45) is 0.472. The molecule has 1 aromatic heterocycles. The number of hydrogen-bond donors (Lipinski definition) is 2. The van der Waals surface area contributed by atoms with Gasteiger partial charge in [-0.3, -0.25) is 9.78 Å². The molecule has 0 unspecified atom stereocenters. The van der Waals surface area contributed by atoms with Gasteiger partial charge in [-0.2, -0.15) is 0 Å². The second kappa shape index (κ2) is 6.85. The normalized spacial score (nSPS) is 10.1. The van der Waals surface area contributed by atoms with Gasteiger partial charge in [-0.25, -0.2) is 0 Å². The van der Waals surface area contributed by atoms with E-state index in [1.807, 2.05) is 19.1 Å². The predicted molar refractivity (Wildman–Crippen MR) is 65.9 cm³/mol. The maximum Gasteiger partial charge on any atom is 0.221 e. The summed E-state index contributed by atoms with van der Waals surface area (Å²) in [7, 11) is 3.27. The topological polar surface area (TPSA) is 63.2 Å². The molecule has 5 nitrogen and oxygen atoms in total. The van der Waals surface area contributed by atoms with Crippen LogP contribution in [0, 0.1) is 6.92 Å². The molecule has 1 heterocycles. The highest BCUT2D eigenvalue weighted by Crippen LogP contribution is 2.12. The van der Waals surface area contributed by atoms with Crippen molar-refractivity contribution in [2.24, 2.45) is 0 Å². The first-order valence-electron chi connectivity index (χ1n) is 5.58. The zero-order valence-electron chi connectivity index (χ0n) is 10.5. The van der Waals surface area contributed by atoms with Crippen LogP contribution < -0.4 is 15.4 Å². The summed E-state index contributed by atoms with van der Waals surface area (Å²) in [6, 6.07) is 3.77. The number of aromatic nitrogens is 1. The van der Waals surface area contributed by atoms with Crippen molar-refractivity contribution in [2.45, 2.75) is 19.9 Å². The molecular formula is C12H19N3O2. The fourth-order valence-corrected chi connectivity index (χ4v) is 1.45. The molecule has 0 bridgehead atoms. The van der Waals surface area contributed by atoms with Crippen molar-refractivity contribution in [1.29, 1.82) is 0 Å². The highest BCUT2D eigenvalue weighted by Gasteiger charge is 2.01. The number of hydrogen-bond acceptors (Lipinski definition) is 4. The van der Waals surface area contributed by atoms with E-state index in [0.29, 0.717) is 19.5 Å². The van der Waals surface area contributed by atoms with E-state index >= 15 is 0 Å². The molecular weight excluding hydrogens is 218 g/mol. The van der Waals surface area contributed by atoms with Gasteiger partial charge in [-0.05, 0) is 6.92 Å². The van der Waals surface area contributed by atoms with E-state index in [1.165, 1.54) is 0 Å². The summed E-state index contributed by atoms with van der Waals surface area (Å²) in [5.74, 6) is 0.841. The van der Waals surface area contributed by atoms with Gasteiger partial charge in [-0.1, -0.05) is 0 Å². The molecule has 2 N–H and O–H groups in total. The molecule has 17 heavy (non-hydrogen) atoms. The molecule has 0 aliphatic heterocycles. The Morgan fingerprint density at radius 3 is 2.88 bits per heavy atom. The van der Waals surface area contributed by atoms with Gasteiger partial charge in [0, 0.05) is 44.4 Å². The van der Waals surface area contributed by atoms with Crippen molar-refractivity contribution in [3.63, 3.8) is 0 Å². The summed E-state index contributed by atoms with van der Waals surface area (Å²) < 4.78 is 5.17. The van der Waals surface area contributed by atoms with Crippen molar-refractivity contribution >= 4 is 5.91 Å². The van der Waals surface area contributed by atoms with Crippen molar-refractivity contribution in [2.75, 3.05) is 20.7 Å². The van der Waals surface area contributed by atoms with Gasteiger partial charge >= 0.3 is 0 Å². The molecule has 0 radical (unpaired) electrons. The van der Waals surface area contributed by atoms with Crippen LogP contribution in [0.3, 0.4) is 0 Å². The van der Waals surface area contributed by atoms with Crippen LogP contribution in [0.1, 0.15) is 17.8 Å². The minimum Gasteiger partial charge on any atom is -0.497 e. The molecule has 0 aliphatic rings. The number of methoxy groups -OCH3 is 1. The molecule has 0 aromatic carbocycles. The molecule has 1 amide bonds. The lowest BCUT2D eigenvalue weighted by Gasteiger charge is -2.07. The second-order valence-electron chi connectivity index (χ2n) is 3.74. The van der Waals surface area contributed by atoms with E-state index in [2.05, 4.69) is 15.6 Å². The Labute approximate surface area is 102 Å². The van der Waals surface area contributed by atoms with Crippen LogP contribution in [0.25, 0.3) is 0 Å². The number of rotatable bonds is 6. The lowest BCUT2D eigenvalue weighted by molar-refractivity contribution is -0.120. The molecule has 0 atom stereocenters. The van der Waals surface area contributed by atoms with Crippen LogP contribution in [-0.4, -0.2) is 31.6 Å². The van der Waals surface area contributed by atoms with Gasteiger partial charge in [0.1, 0.15) is 5.75 Å². The fraction of sp³-hybridized carbons (Fsp3) is 0.500. The van der Waals surface area contributed by atoms with Gasteiger partial charge in [0.05, 0.1) is 12.8 Å². The number of pyridine rings is 1. The minimum absolute atomic E-state index is 0.0345. The molecule has 0 fully saturated rings. The Bertz CT molecular complexity index is 380. The second-order valence-corrected chi connectivity index (χ2v) is 3.74. The molecule has 94 valence electrons. The van der Waals surface area contributed by atoms with E-state index in [-0.39, 0.29) is 5.91 Å². The highest BCUT2D eigenvalue weighted by molar-refractivity contribution is 5.75. The van der Waals surface area contributed by atoms with E-state index in [1.54, 1.807) is 14.2 Å².